The number of carbonyl (C=O) groups is 2. The minimum Gasteiger partial charge on any atom is -0.357 e. The quantitative estimate of drug-likeness (QED) is 0.839. The van der Waals surface area contributed by atoms with Gasteiger partial charge in [-0.1, -0.05) is 11.6 Å². The van der Waals surface area contributed by atoms with Gasteiger partial charge in [-0.15, -0.1) is 11.3 Å². The third-order valence-electron chi connectivity index (χ3n) is 4.17. The Hall–Kier alpha value is -1.79. The number of aryl methyl sites for hydroxylation is 1. The normalized spacial score (nSPS) is 15.4. The van der Waals surface area contributed by atoms with Crippen molar-refractivity contribution in [2.24, 2.45) is 7.05 Å². The monoisotopic (exact) mass is 365 g/mol. The molecule has 0 aliphatic carbocycles. The summed E-state index contributed by atoms with van der Waals surface area (Å²) in [6.45, 7) is 2.51. The summed E-state index contributed by atoms with van der Waals surface area (Å²) in [6.07, 6.45) is 5.12. The van der Waals surface area contributed by atoms with E-state index in [1.807, 2.05) is 39.9 Å². The summed E-state index contributed by atoms with van der Waals surface area (Å²) in [4.78, 5) is 29.3. The lowest BCUT2D eigenvalue weighted by atomic mass is 10.2. The largest absolute Gasteiger partial charge is 0.357 e. The minimum absolute atomic E-state index is 0.00394. The number of carbonyl (C=O) groups excluding carboxylic acids is 2. The number of amides is 2. The van der Waals surface area contributed by atoms with Crippen LogP contribution >= 0.6 is 22.9 Å². The topological polar surface area (TPSA) is 45.6 Å². The van der Waals surface area contributed by atoms with Crippen LogP contribution in [0.2, 0.25) is 4.34 Å². The standard InChI is InChI=1S/C17H20ClN3O2S/c1-19-8-5-13(12-19)11-16(22)20-6-2-7-21(10-9-20)17(23)14-3-4-15(18)24-14/h3-5,8,12H,2,6-7,9-11H2,1H3. The number of nitrogens with zero attached hydrogens (tertiary/aromatic N) is 3. The summed E-state index contributed by atoms with van der Waals surface area (Å²) >= 11 is 7.21. The molecule has 0 N–H and O–H groups in total. The first kappa shape index (κ1) is 17.0. The van der Waals surface area contributed by atoms with Crippen LogP contribution in [0.25, 0.3) is 0 Å². The Kier molecular flexibility index (Phi) is 5.26. The Balaban J connectivity index is 1.58. The number of hydrogen-bond donors (Lipinski definition) is 0. The van der Waals surface area contributed by atoms with E-state index in [4.69, 9.17) is 11.6 Å². The van der Waals surface area contributed by atoms with E-state index in [0.29, 0.717) is 41.8 Å². The maximum absolute atomic E-state index is 12.5. The Labute approximate surface area is 150 Å². The van der Waals surface area contributed by atoms with Crippen LogP contribution in [0, 0.1) is 0 Å². The highest BCUT2D eigenvalue weighted by Gasteiger charge is 2.23. The van der Waals surface area contributed by atoms with Crippen molar-refractivity contribution in [1.82, 2.24) is 14.4 Å². The number of halogens is 1. The minimum atomic E-state index is 0.00394. The highest BCUT2D eigenvalue weighted by molar-refractivity contribution is 7.17. The molecule has 1 aliphatic rings. The average molecular weight is 366 g/mol. The molecule has 1 fully saturated rings. The smallest absolute Gasteiger partial charge is 0.264 e. The highest BCUT2D eigenvalue weighted by Crippen LogP contribution is 2.23. The maximum Gasteiger partial charge on any atom is 0.264 e. The molecule has 2 amide bonds. The van der Waals surface area contributed by atoms with Gasteiger partial charge in [0.05, 0.1) is 15.6 Å². The molecule has 0 aromatic carbocycles. The molecule has 0 saturated carbocycles. The van der Waals surface area contributed by atoms with Gasteiger partial charge >= 0.3 is 0 Å². The van der Waals surface area contributed by atoms with Crippen LogP contribution in [-0.4, -0.2) is 52.4 Å². The van der Waals surface area contributed by atoms with E-state index in [1.165, 1.54) is 11.3 Å². The van der Waals surface area contributed by atoms with Gasteiger partial charge in [0.15, 0.2) is 0 Å². The van der Waals surface area contributed by atoms with Gasteiger partial charge in [0.1, 0.15) is 0 Å². The van der Waals surface area contributed by atoms with Gasteiger partial charge in [-0.25, -0.2) is 0 Å². The second kappa shape index (κ2) is 7.40. The summed E-state index contributed by atoms with van der Waals surface area (Å²) in [7, 11) is 1.94. The van der Waals surface area contributed by atoms with E-state index in [1.54, 1.807) is 12.1 Å². The van der Waals surface area contributed by atoms with Crippen molar-refractivity contribution < 1.29 is 9.59 Å². The van der Waals surface area contributed by atoms with Gasteiger partial charge in [0.25, 0.3) is 5.91 Å². The average Bonchev–Trinajstić information content (AvgIpc) is 3.07. The zero-order chi connectivity index (χ0) is 17.1. The Morgan fingerprint density at radius 3 is 2.54 bits per heavy atom. The highest BCUT2D eigenvalue weighted by atomic mass is 35.5. The molecule has 0 spiro atoms. The van der Waals surface area contributed by atoms with Crippen molar-refractivity contribution in [1.29, 1.82) is 0 Å². The van der Waals surface area contributed by atoms with Gasteiger partial charge < -0.3 is 14.4 Å². The van der Waals surface area contributed by atoms with Gasteiger partial charge in [0, 0.05) is 45.6 Å². The first-order chi connectivity index (χ1) is 11.5. The lowest BCUT2D eigenvalue weighted by Crippen LogP contribution is -2.37. The number of thiophene rings is 1. The van der Waals surface area contributed by atoms with E-state index >= 15 is 0 Å². The molecule has 128 valence electrons. The van der Waals surface area contributed by atoms with Crippen molar-refractivity contribution in [2.45, 2.75) is 12.8 Å². The predicted molar refractivity (Wildman–Crippen MR) is 95.5 cm³/mol. The molecule has 5 nitrogen and oxygen atoms in total. The molecule has 2 aromatic heterocycles. The van der Waals surface area contributed by atoms with Crippen LogP contribution < -0.4 is 0 Å². The fraction of sp³-hybridized carbons (Fsp3) is 0.412. The molecule has 3 heterocycles. The van der Waals surface area contributed by atoms with E-state index in [-0.39, 0.29) is 11.8 Å². The molecule has 0 bridgehead atoms. The van der Waals surface area contributed by atoms with Crippen LogP contribution in [0.15, 0.2) is 30.6 Å². The van der Waals surface area contributed by atoms with Crippen molar-refractivity contribution >= 4 is 34.8 Å². The van der Waals surface area contributed by atoms with E-state index < -0.39 is 0 Å². The molecule has 7 heteroatoms. The molecule has 0 radical (unpaired) electrons. The van der Waals surface area contributed by atoms with Gasteiger partial charge in [-0.2, -0.15) is 0 Å². The van der Waals surface area contributed by atoms with E-state index in [2.05, 4.69) is 0 Å². The molecule has 2 aromatic rings. The van der Waals surface area contributed by atoms with Crippen LogP contribution in [0.3, 0.4) is 0 Å². The zero-order valence-electron chi connectivity index (χ0n) is 13.6. The summed E-state index contributed by atoms with van der Waals surface area (Å²) in [5.41, 5.74) is 1.02. The van der Waals surface area contributed by atoms with Crippen LogP contribution in [0.5, 0.6) is 0 Å². The van der Waals surface area contributed by atoms with Crippen molar-refractivity contribution in [2.75, 3.05) is 26.2 Å². The lowest BCUT2D eigenvalue weighted by Gasteiger charge is -2.21. The second-order valence-corrected chi connectivity index (χ2v) is 7.71. The molecule has 3 rings (SSSR count). The van der Waals surface area contributed by atoms with E-state index in [0.717, 1.165) is 12.0 Å². The molecular weight excluding hydrogens is 346 g/mol. The lowest BCUT2D eigenvalue weighted by molar-refractivity contribution is -0.130. The third-order valence-corrected chi connectivity index (χ3v) is 5.39. The summed E-state index contributed by atoms with van der Waals surface area (Å²) in [6, 6.07) is 5.47. The zero-order valence-corrected chi connectivity index (χ0v) is 15.1. The van der Waals surface area contributed by atoms with Crippen molar-refractivity contribution in [3.8, 4) is 0 Å². The number of hydrogen-bond acceptors (Lipinski definition) is 3. The molecule has 1 aliphatic heterocycles. The van der Waals surface area contributed by atoms with Gasteiger partial charge in [-0.3, -0.25) is 9.59 Å². The number of aromatic nitrogens is 1. The first-order valence-corrected chi connectivity index (χ1v) is 9.15. The predicted octanol–water partition coefficient (Wildman–Crippen LogP) is 2.66. The first-order valence-electron chi connectivity index (χ1n) is 7.96. The number of rotatable bonds is 3. The fourth-order valence-corrected chi connectivity index (χ4v) is 3.92. The third kappa shape index (κ3) is 3.99. The SMILES string of the molecule is Cn1ccc(CC(=O)N2CCCN(C(=O)c3ccc(Cl)s3)CC2)c1. The Bertz CT molecular complexity index is 740. The van der Waals surface area contributed by atoms with Gasteiger partial charge in [-0.05, 0) is 30.2 Å². The van der Waals surface area contributed by atoms with Crippen LogP contribution in [-0.2, 0) is 18.3 Å². The van der Waals surface area contributed by atoms with Crippen LogP contribution in [0.1, 0.15) is 21.7 Å². The summed E-state index contributed by atoms with van der Waals surface area (Å²) in [5, 5.41) is 0. The van der Waals surface area contributed by atoms with E-state index in [9.17, 15) is 9.59 Å². The van der Waals surface area contributed by atoms with Gasteiger partial charge in [0.2, 0.25) is 5.91 Å². The summed E-state index contributed by atoms with van der Waals surface area (Å²) in [5.74, 6) is 0.124. The molecule has 0 unspecified atom stereocenters. The molecule has 0 atom stereocenters. The molecular formula is C17H20ClN3O2S. The summed E-state index contributed by atoms with van der Waals surface area (Å²) < 4.78 is 2.56. The maximum atomic E-state index is 12.5. The molecule has 1 saturated heterocycles. The Morgan fingerprint density at radius 1 is 1.12 bits per heavy atom. The van der Waals surface area contributed by atoms with Crippen molar-refractivity contribution in [3.63, 3.8) is 0 Å². The van der Waals surface area contributed by atoms with Crippen molar-refractivity contribution in [3.05, 3.63) is 45.4 Å². The molecule has 24 heavy (non-hydrogen) atoms. The Morgan fingerprint density at radius 2 is 1.88 bits per heavy atom. The van der Waals surface area contributed by atoms with Crippen LogP contribution in [0.4, 0.5) is 0 Å². The second-order valence-electron chi connectivity index (χ2n) is 5.99. The fourth-order valence-electron chi connectivity index (χ4n) is 2.91.